The molecule has 0 aromatic carbocycles. The predicted molar refractivity (Wildman–Crippen MR) is 62.6 cm³/mol. The maximum atomic E-state index is 5.94. The smallest absolute Gasteiger partial charge is 0.0931 e. The van der Waals surface area contributed by atoms with E-state index in [1.54, 1.807) is 18.4 Å². The maximum absolute atomic E-state index is 5.94. The largest absolute Gasteiger partial charge is 0.383 e. The average molecular weight is 254 g/mol. The number of halogens is 2. The van der Waals surface area contributed by atoms with Crippen molar-refractivity contribution in [2.75, 3.05) is 20.3 Å². The minimum atomic E-state index is 0.0236. The fraction of sp³-hybridized carbons (Fsp3) is 0.556. The molecule has 80 valence electrons. The van der Waals surface area contributed by atoms with E-state index >= 15 is 0 Å². The van der Waals surface area contributed by atoms with Crippen molar-refractivity contribution in [2.45, 2.75) is 11.9 Å². The van der Waals surface area contributed by atoms with Gasteiger partial charge in [0.1, 0.15) is 0 Å². The van der Waals surface area contributed by atoms with Crippen molar-refractivity contribution >= 4 is 34.5 Å². The van der Waals surface area contributed by atoms with Gasteiger partial charge in [-0.25, -0.2) is 0 Å². The second-order valence-electron chi connectivity index (χ2n) is 2.89. The van der Waals surface area contributed by atoms with Crippen LogP contribution in [-0.2, 0) is 11.3 Å². The van der Waals surface area contributed by atoms with Crippen LogP contribution in [0.15, 0.2) is 12.1 Å². The van der Waals surface area contributed by atoms with Crippen molar-refractivity contribution in [3.8, 4) is 0 Å². The van der Waals surface area contributed by atoms with Gasteiger partial charge in [0.25, 0.3) is 0 Å². The number of hydrogen-bond acceptors (Lipinski definition) is 3. The molecule has 1 unspecified atom stereocenters. The Balaban J connectivity index is 2.15. The molecule has 0 saturated carbocycles. The first-order valence-electron chi connectivity index (χ1n) is 4.30. The average Bonchev–Trinajstić information content (AvgIpc) is 2.52. The van der Waals surface area contributed by atoms with Crippen LogP contribution in [0.1, 0.15) is 4.88 Å². The Morgan fingerprint density at radius 2 is 2.36 bits per heavy atom. The normalized spacial score (nSPS) is 13.1. The Bertz CT molecular complexity index is 267. The van der Waals surface area contributed by atoms with Gasteiger partial charge in [-0.15, -0.1) is 22.9 Å². The second-order valence-corrected chi connectivity index (χ2v) is 5.31. The second kappa shape index (κ2) is 6.64. The molecule has 1 aromatic rings. The van der Waals surface area contributed by atoms with Gasteiger partial charge >= 0.3 is 0 Å². The Labute approximate surface area is 98.2 Å². The molecule has 0 fully saturated rings. The quantitative estimate of drug-likeness (QED) is 0.788. The van der Waals surface area contributed by atoms with Crippen molar-refractivity contribution in [3.05, 3.63) is 21.3 Å². The minimum Gasteiger partial charge on any atom is -0.383 e. The van der Waals surface area contributed by atoms with Gasteiger partial charge in [0, 0.05) is 25.1 Å². The number of rotatable bonds is 6. The molecule has 0 amide bonds. The van der Waals surface area contributed by atoms with Crippen LogP contribution < -0.4 is 5.32 Å². The molecule has 2 nitrogen and oxygen atoms in total. The maximum Gasteiger partial charge on any atom is 0.0931 e. The zero-order valence-corrected chi connectivity index (χ0v) is 10.3. The van der Waals surface area contributed by atoms with E-state index in [1.807, 2.05) is 12.1 Å². The monoisotopic (exact) mass is 253 g/mol. The molecule has 0 spiro atoms. The highest BCUT2D eigenvalue weighted by Crippen LogP contribution is 2.20. The van der Waals surface area contributed by atoms with E-state index in [4.69, 9.17) is 27.9 Å². The van der Waals surface area contributed by atoms with Crippen LogP contribution in [0, 0.1) is 0 Å². The van der Waals surface area contributed by atoms with E-state index in [-0.39, 0.29) is 5.38 Å². The van der Waals surface area contributed by atoms with Crippen LogP contribution in [0.4, 0.5) is 0 Å². The van der Waals surface area contributed by atoms with Crippen molar-refractivity contribution in [1.82, 2.24) is 5.32 Å². The topological polar surface area (TPSA) is 21.3 Å². The fourth-order valence-corrected chi connectivity index (χ4v) is 2.33. The van der Waals surface area contributed by atoms with Gasteiger partial charge in [0.2, 0.25) is 0 Å². The van der Waals surface area contributed by atoms with Gasteiger partial charge in [-0.3, -0.25) is 0 Å². The molecule has 1 atom stereocenters. The summed E-state index contributed by atoms with van der Waals surface area (Å²) in [6.07, 6.45) is 0. The number of alkyl halides is 1. The van der Waals surface area contributed by atoms with E-state index in [1.165, 1.54) is 4.88 Å². The summed E-state index contributed by atoms with van der Waals surface area (Å²) in [7, 11) is 1.65. The van der Waals surface area contributed by atoms with E-state index in [2.05, 4.69) is 5.32 Å². The van der Waals surface area contributed by atoms with E-state index in [9.17, 15) is 0 Å². The van der Waals surface area contributed by atoms with E-state index in [0.29, 0.717) is 6.61 Å². The number of hydrogen-bond donors (Lipinski definition) is 1. The third kappa shape index (κ3) is 4.62. The summed E-state index contributed by atoms with van der Waals surface area (Å²) in [6.45, 7) is 2.12. The molecule has 5 heteroatoms. The molecule has 0 bridgehead atoms. The van der Waals surface area contributed by atoms with Gasteiger partial charge in [-0.1, -0.05) is 11.6 Å². The SMILES string of the molecule is COCC(Cl)CNCc1ccc(Cl)s1. The number of methoxy groups -OCH3 is 1. The summed E-state index contributed by atoms with van der Waals surface area (Å²) in [5, 5.41) is 3.26. The Kier molecular flexibility index (Phi) is 5.82. The Morgan fingerprint density at radius 3 is 2.93 bits per heavy atom. The summed E-state index contributed by atoms with van der Waals surface area (Å²) in [5.41, 5.74) is 0. The standard InChI is InChI=1S/C9H13Cl2NOS/c1-13-6-7(10)4-12-5-8-2-3-9(11)14-8/h2-3,7,12H,4-6H2,1H3. The summed E-state index contributed by atoms with van der Waals surface area (Å²) in [5.74, 6) is 0. The lowest BCUT2D eigenvalue weighted by Gasteiger charge is -2.08. The molecular weight excluding hydrogens is 241 g/mol. The molecule has 1 N–H and O–H groups in total. The van der Waals surface area contributed by atoms with Crippen molar-refractivity contribution in [1.29, 1.82) is 0 Å². The zero-order chi connectivity index (χ0) is 10.4. The third-order valence-corrected chi connectivity index (χ3v) is 3.15. The predicted octanol–water partition coefficient (Wildman–Crippen LogP) is 2.74. The van der Waals surface area contributed by atoms with Crippen LogP contribution >= 0.6 is 34.5 Å². The molecule has 1 heterocycles. The first kappa shape index (κ1) is 12.3. The molecule has 14 heavy (non-hydrogen) atoms. The first-order chi connectivity index (χ1) is 6.72. The highest BCUT2D eigenvalue weighted by Gasteiger charge is 2.03. The molecule has 0 aliphatic heterocycles. The molecule has 0 aliphatic rings. The van der Waals surface area contributed by atoms with Crippen LogP contribution in [0.3, 0.4) is 0 Å². The van der Waals surface area contributed by atoms with Crippen LogP contribution in [0.5, 0.6) is 0 Å². The van der Waals surface area contributed by atoms with Gasteiger partial charge in [0.05, 0.1) is 16.3 Å². The fourth-order valence-electron chi connectivity index (χ4n) is 1.04. The van der Waals surface area contributed by atoms with Gasteiger partial charge in [-0.2, -0.15) is 0 Å². The van der Waals surface area contributed by atoms with Gasteiger partial charge in [-0.05, 0) is 12.1 Å². The minimum absolute atomic E-state index is 0.0236. The lowest BCUT2D eigenvalue weighted by molar-refractivity contribution is 0.197. The van der Waals surface area contributed by atoms with Crippen LogP contribution in [0.25, 0.3) is 0 Å². The van der Waals surface area contributed by atoms with Crippen LogP contribution in [-0.4, -0.2) is 25.6 Å². The number of nitrogens with one attached hydrogen (secondary N) is 1. The van der Waals surface area contributed by atoms with E-state index < -0.39 is 0 Å². The summed E-state index contributed by atoms with van der Waals surface area (Å²) < 4.78 is 5.74. The Hall–Kier alpha value is 0.200. The first-order valence-corrected chi connectivity index (χ1v) is 5.93. The van der Waals surface area contributed by atoms with Gasteiger partial charge < -0.3 is 10.1 Å². The molecular formula is C9H13Cl2NOS. The molecule has 1 rings (SSSR count). The number of ether oxygens (including phenoxy) is 1. The molecule has 0 saturated heterocycles. The highest BCUT2D eigenvalue weighted by molar-refractivity contribution is 7.16. The molecule has 0 radical (unpaired) electrons. The lowest BCUT2D eigenvalue weighted by atomic mass is 10.4. The third-order valence-electron chi connectivity index (χ3n) is 1.64. The zero-order valence-electron chi connectivity index (χ0n) is 7.93. The molecule has 1 aromatic heterocycles. The van der Waals surface area contributed by atoms with E-state index in [0.717, 1.165) is 17.4 Å². The van der Waals surface area contributed by atoms with Gasteiger partial charge in [0.15, 0.2) is 0 Å². The summed E-state index contributed by atoms with van der Waals surface area (Å²) >= 11 is 13.3. The number of thiophene rings is 1. The lowest BCUT2D eigenvalue weighted by Crippen LogP contribution is -2.25. The summed E-state index contributed by atoms with van der Waals surface area (Å²) in [4.78, 5) is 1.22. The highest BCUT2D eigenvalue weighted by atomic mass is 35.5. The molecule has 0 aliphatic carbocycles. The summed E-state index contributed by atoms with van der Waals surface area (Å²) in [6, 6.07) is 3.91. The van der Waals surface area contributed by atoms with Crippen molar-refractivity contribution < 1.29 is 4.74 Å². The Morgan fingerprint density at radius 1 is 1.57 bits per heavy atom. The van der Waals surface area contributed by atoms with Crippen molar-refractivity contribution in [3.63, 3.8) is 0 Å². The van der Waals surface area contributed by atoms with Crippen molar-refractivity contribution in [2.24, 2.45) is 0 Å². The van der Waals surface area contributed by atoms with Crippen LogP contribution in [0.2, 0.25) is 4.34 Å².